The van der Waals surface area contributed by atoms with Crippen molar-refractivity contribution in [2.45, 2.75) is 13.3 Å². The minimum Gasteiger partial charge on any atom is -0.463 e. The lowest BCUT2D eigenvalue weighted by molar-refractivity contribution is -0.137. The van der Waals surface area contributed by atoms with E-state index in [-0.39, 0.29) is 5.91 Å². The Morgan fingerprint density at radius 1 is 1.53 bits per heavy atom. The van der Waals surface area contributed by atoms with E-state index in [1.165, 1.54) is 6.08 Å². The maximum Gasteiger partial charge on any atom is 0.330 e. The van der Waals surface area contributed by atoms with Gasteiger partial charge in [0.15, 0.2) is 0 Å². The van der Waals surface area contributed by atoms with Gasteiger partial charge >= 0.3 is 5.97 Å². The third-order valence-electron chi connectivity index (χ3n) is 2.81. The first-order valence-electron chi connectivity index (χ1n) is 6.04. The van der Waals surface area contributed by atoms with Crippen molar-refractivity contribution >= 4 is 29.2 Å². The second-order valence-corrected chi connectivity index (χ2v) is 4.55. The standard InChI is InChI=1S/C14H14ClNO3/c1-2-19-14(18)4-3-7-16-12-9-11(15)6-5-10(12)8-13(16)17/h3-6,9H,2,7-8H2,1H3/b4-3+. The lowest BCUT2D eigenvalue weighted by Gasteiger charge is -2.15. The smallest absolute Gasteiger partial charge is 0.330 e. The number of anilines is 1. The van der Waals surface area contributed by atoms with Crippen molar-refractivity contribution in [2.24, 2.45) is 0 Å². The largest absolute Gasteiger partial charge is 0.463 e. The number of hydrogen-bond donors (Lipinski definition) is 0. The van der Waals surface area contributed by atoms with Gasteiger partial charge in [0, 0.05) is 23.3 Å². The van der Waals surface area contributed by atoms with E-state index in [1.807, 2.05) is 6.07 Å². The van der Waals surface area contributed by atoms with Gasteiger partial charge in [0.25, 0.3) is 0 Å². The van der Waals surface area contributed by atoms with Crippen LogP contribution in [0.1, 0.15) is 12.5 Å². The number of carbonyl (C=O) groups excluding carboxylic acids is 2. The molecule has 19 heavy (non-hydrogen) atoms. The number of fused-ring (bicyclic) bond motifs is 1. The van der Waals surface area contributed by atoms with Crippen LogP contribution in [-0.4, -0.2) is 25.0 Å². The summed E-state index contributed by atoms with van der Waals surface area (Å²) in [5.74, 6) is -0.397. The summed E-state index contributed by atoms with van der Waals surface area (Å²) in [5.41, 5.74) is 1.77. The van der Waals surface area contributed by atoms with Crippen LogP contribution in [0.3, 0.4) is 0 Å². The van der Waals surface area contributed by atoms with Crippen molar-refractivity contribution < 1.29 is 14.3 Å². The molecule has 0 fully saturated rings. The van der Waals surface area contributed by atoms with Crippen LogP contribution >= 0.6 is 11.6 Å². The second kappa shape index (κ2) is 5.89. The molecule has 0 radical (unpaired) electrons. The first kappa shape index (κ1) is 13.6. The van der Waals surface area contributed by atoms with E-state index in [0.717, 1.165) is 11.3 Å². The van der Waals surface area contributed by atoms with Gasteiger partial charge in [0.1, 0.15) is 0 Å². The van der Waals surface area contributed by atoms with E-state index in [4.69, 9.17) is 16.3 Å². The number of ether oxygens (including phenoxy) is 1. The van der Waals surface area contributed by atoms with Gasteiger partial charge in [0.2, 0.25) is 5.91 Å². The third-order valence-corrected chi connectivity index (χ3v) is 3.04. The van der Waals surface area contributed by atoms with Crippen molar-refractivity contribution in [1.82, 2.24) is 0 Å². The Bertz CT molecular complexity index is 539. The lowest BCUT2D eigenvalue weighted by Crippen LogP contribution is -2.26. The number of nitrogens with zero attached hydrogens (tertiary/aromatic N) is 1. The highest BCUT2D eigenvalue weighted by Gasteiger charge is 2.26. The van der Waals surface area contributed by atoms with Gasteiger partial charge in [-0.15, -0.1) is 0 Å². The minimum absolute atomic E-state index is 0.00535. The van der Waals surface area contributed by atoms with E-state index >= 15 is 0 Å². The van der Waals surface area contributed by atoms with Gasteiger partial charge in [-0.25, -0.2) is 4.79 Å². The molecule has 100 valence electrons. The number of carbonyl (C=O) groups is 2. The van der Waals surface area contributed by atoms with Crippen LogP contribution in [0.5, 0.6) is 0 Å². The fourth-order valence-electron chi connectivity index (χ4n) is 1.98. The number of hydrogen-bond acceptors (Lipinski definition) is 3. The summed E-state index contributed by atoms with van der Waals surface area (Å²) in [5, 5.41) is 0.591. The monoisotopic (exact) mass is 279 g/mol. The predicted octanol–water partition coefficient (Wildman–Crippen LogP) is 2.35. The summed E-state index contributed by atoms with van der Waals surface area (Å²) in [6.45, 7) is 2.42. The maximum atomic E-state index is 11.9. The van der Waals surface area contributed by atoms with Crippen LogP contribution in [-0.2, 0) is 20.7 Å². The molecule has 0 N–H and O–H groups in total. The molecule has 1 aromatic rings. The number of rotatable bonds is 4. The Kier molecular flexibility index (Phi) is 4.22. The molecule has 0 saturated carbocycles. The normalized spacial score (nSPS) is 14.0. The highest BCUT2D eigenvalue weighted by molar-refractivity contribution is 6.31. The summed E-state index contributed by atoms with van der Waals surface area (Å²) in [6.07, 6.45) is 3.32. The Labute approximate surface area is 116 Å². The number of halogens is 1. The van der Waals surface area contributed by atoms with Crippen LogP contribution in [0.15, 0.2) is 30.4 Å². The van der Waals surface area contributed by atoms with Gasteiger partial charge in [-0.3, -0.25) is 4.79 Å². The molecule has 0 saturated heterocycles. The molecule has 1 aliphatic heterocycles. The zero-order valence-electron chi connectivity index (χ0n) is 10.6. The molecule has 0 atom stereocenters. The highest BCUT2D eigenvalue weighted by Crippen LogP contribution is 2.31. The van der Waals surface area contributed by atoms with Crippen molar-refractivity contribution in [2.75, 3.05) is 18.1 Å². The van der Waals surface area contributed by atoms with Gasteiger partial charge < -0.3 is 9.64 Å². The summed E-state index contributed by atoms with van der Waals surface area (Å²) >= 11 is 5.93. The summed E-state index contributed by atoms with van der Waals surface area (Å²) in [6, 6.07) is 5.39. The van der Waals surface area contributed by atoms with Gasteiger partial charge in [-0.05, 0) is 24.6 Å². The molecule has 0 bridgehead atoms. The van der Waals surface area contributed by atoms with Crippen LogP contribution in [0.4, 0.5) is 5.69 Å². The van der Waals surface area contributed by atoms with E-state index in [2.05, 4.69) is 0 Å². The summed E-state index contributed by atoms with van der Waals surface area (Å²) in [4.78, 5) is 24.6. The number of amides is 1. The second-order valence-electron chi connectivity index (χ2n) is 4.11. The average molecular weight is 280 g/mol. The Hall–Kier alpha value is -1.81. The van der Waals surface area contributed by atoms with E-state index in [9.17, 15) is 9.59 Å². The quantitative estimate of drug-likeness (QED) is 0.628. The molecule has 0 aliphatic carbocycles. The molecule has 0 spiro atoms. The van der Waals surface area contributed by atoms with Crippen molar-refractivity contribution in [1.29, 1.82) is 0 Å². The fourth-order valence-corrected chi connectivity index (χ4v) is 2.14. The molecule has 1 heterocycles. The first-order chi connectivity index (χ1) is 9.11. The lowest BCUT2D eigenvalue weighted by atomic mass is 10.2. The predicted molar refractivity (Wildman–Crippen MR) is 73.3 cm³/mol. The van der Waals surface area contributed by atoms with Crippen LogP contribution in [0.2, 0.25) is 5.02 Å². The van der Waals surface area contributed by atoms with Crippen LogP contribution in [0.25, 0.3) is 0 Å². The SMILES string of the molecule is CCOC(=O)/C=C/CN1C(=O)Cc2ccc(Cl)cc21. The van der Waals surface area contributed by atoms with Crippen molar-refractivity contribution in [3.8, 4) is 0 Å². The molecular formula is C14H14ClNO3. The Morgan fingerprint density at radius 3 is 3.05 bits per heavy atom. The minimum atomic E-state index is -0.402. The molecule has 1 amide bonds. The molecule has 1 aliphatic rings. The van der Waals surface area contributed by atoms with Gasteiger partial charge in [-0.1, -0.05) is 23.7 Å². The van der Waals surface area contributed by atoms with Gasteiger partial charge in [-0.2, -0.15) is 0 Å². The third kappa shape index (κ3) is 3.15. The van der Waals surface area contributed by atoms with Gasteiger partial charge in [0.05, 0.1) is 13.0 Å². The Balaban J connectivity index is 2.08. The van der Waals surface area contributed by atoms with E-state index < -0.39 is 5.97 Å². The average Bonchev–Trinajstić information content (AvgIpc) is 2.66. The molecule has 4 nitrogen and oxygen atoms in total. The topological polar surface area (TPSA) is 46.6 Å². The van der Waals surface area contributed by atoms with Crippen molar-refractivity contribution in [3.05, 3.63) is 40.9 Å². The molecule has 5 heteroatoms. The van der Waals surface area contributed by atoms with E-state index in [1.54, 1.807) is 30.0 Å². The number of benzene rings is 1. The van der Waals surface area contributed by atoms with Crippen LogP contribution in [0, 0.1) is 0 Å². The highest BCUT2D eigenvalue weighted by atomic mass is 35.5. The van der Waals surface area contributed by atoms with E-state index in [0.29, 0.717) is 24.6 Å². The molecule has 2 rings (SSSR count). The number of esters is 1. The summed E-state index contributed by atoms with van der Waals surface area (Å²) < 4.78 is 4.77. The molecule has 0 aromatic heterocycles. The zero-order valence-corrected chi connectivity index (χ0v) is 11.3. The summed E-state index contributed by atoms with van der Waals surface area (Å²) in [7, 11) is 0. The van der Waals surface area contributed by atoms with Crippen molar-refractivity contribution in [3.63, 3.8) is 0 Å². The molecule has 0 unspecified atom stereocenters. The first-order valence-corrected chi connectivity index (χ1v) is 6.41. The fraction of sp³-hybridized carbons (Fsp3) is 0.286. The molecule has 1 aromatic carbocycles. The Morgan fingerprint density at radius 2 is 2.32 bits per heavy atom. The molecular weight excluding hydrogens is 266 g/mol. The van der Waals surface area contributed by atoms with Crippen LogP contribution < -0.4 is 4.90 Å². The zero-order chi connectivity index (χ0) is 13.8. The maximum absolute atomic E-state index is 11.9.